The number of nitrogens with one attached hydrogen (secondary N) is 2. The number of aromatic nitrogens is 1. The fraction of sp³-hybridized carbons (Fsp3) is 0.300. The summed E-state index contributed by atoms with van der Waals surface area (Å²) >= 11 is 6.86. The number of carbonyl (C=O) groups excluding carboxylic acids is 1. The lowest BCUT2D eigenvalue weighted by Gasteiger charge is -2.24. The number of benzene rings is 1. The van der Waals surface area contributed by atoms with Crippen LogP contribution >= 0.6 is 11.6 Å². The quantitative estimate of drug-likeness (QED) is 0.818. The Morgan fingerprint density at radius 1 is 1.36 bits per heavy atom. The molecule has 2 N–H and O–H groups in total. The summed E-state index contributed by atoms with van der Waals surface area (Å²) < 4.78 is 0. The highest BCUT2D eigenvalue weighted by Crippen LogP contribution is 2.49. The van der Waals surface area contributed by atoms with Gasteiger partial charge >= 0.3 is 0 Å². The number of pyridine rings is 1. The van der Waals surface area contributed by atoms with E-state index in [2.05, 4.69) is 33.8 Å². The number of fused-ring (bicyclic) bond motifs is 2. The third kappa shape index (κ3) is 2.81. The number of anilines is 1. The zero-order valence-corrected chi connectivity index (χ0v) is 14.9. The molecule has 1 aromatic carbocycles. The molecule has 1 aliphatic carbocycles. The van der Waals surface area contributed by atoms with Crippen LogP contribution < -0.4 is 10.6 Å². The van der Waals surface area contributed by atoms with Crippen molar-refractivity contribution in [1.82, 2.24) is 10.3 Å². The normalized spacial score (nSPS) is 16.7. The number of allylic oxidation sites excluding steroid dienone is 2. The monoisotopic (exact) mass is 353 g/mol. The van der Waals surface area contributed by atoms with Gasteiger partial charge in [-0.25, -0.2) is 4.98 Å². The molecule has 2 heterocycles. The molecule has 4 nitrogen and oxygen atoms in total. The highest BCUT2D eigenvalue weighted by molar-refractivity contribution is 6.34. The summed E-state index contributed by atoms with van der Waals surface area (Å²) in [5.74, 6) is 0.872. The zero-order chi connectivity index (χ0) is 17.4. The number of rotatable bonds is 3. The Morgan fingerprint density at radius 3 is 2.92 bits per heavy atom. The van der Waals surface area contributed by atoms with Gasteiger partial charge in [0.25, 0.3) is 0 Å². The van der Waals surface area contributed by atoms with Gasteiger partial charge < -0.3 is 10.6 Å². The van der Waals surface area contributed by atoms with Gasteiger partial charge in [0.1, 0.15) is 5.82 Å². The molecule has 0 radical (unpaired) electrons. The molecule has 2 aromatic rings. The minimum Gasteiger partial charge on any atom is -0.369 e. The number of nitrogens with zero attached hydrogens (tertiary/aromatic N) is 1. The second kappa shape index (κ2) is 6.19. The summed E-state index contributed by atoms with van der Waals surface area (Å²) in [6, 6.07) is 8.08. The number of amides is 1. The van der Waals surface area contributed by atoms with E-state index in [9.17, 15) is 4.79 Å². The van der Waals surface area contributed by atoms with E-state index in [1.54, 1.807) is 0 Å². The molecule has 2 aliphatic rings. The highest BCUT2D eigenvalue weighted by Gasteiger charge is 2.42. The predicted molar refractivity (Wildman–Crippen MR) is 101 cm³/mol. The SMILES string of the molecule is CC(=O)NCc1cccc(-c2cnc3c(c2Cl)C2(CC=CC2)CN3)c1. The molecule has 0 bridgehead atoms. The van der Waals surface area contributed by atoms with Crippen molar-refractivity contribution < 1.29 is 4.79 Å². The molecular formula is C20H20ClN3O. The smallest absolute Gasteiger partial charge is 0.217 e. The zero-order valence-electron chi connectivity index (χ0n) is 14.1. The lowest BCUT2D eigenvalue weighted by molar-refractivity contribution is -0.119. The van der Waals surface area contributed by atoms with Gasteiger partial charge in [0.15, 0.2) is 0 Å². The van der Waals surface area contributed by atoms with Crippen molar-refractivity contribution in [3.05, 3.63) is 58.8 Å². The molecule has 0 saturated carbocycles. The van der Waals surface area contributed by atoms with Crippen LogP contribution in [0.5, 0.6) is 0 Å². The molecule has 0 atom stereocenters. The lowest BCUT2D eigenvalue weighted by Crippen LogP contribution is -2.25. The van der Waals surface area contributed by atoms with E-state index < -0.39 is 0 Å². The third-order valence-electron chi connectivity index (χ3n) is 5.10. The first-order valence-electron chi connectivity index (χ1n) is 8.51. The molecule has 4 rings (SSSR count). The Hall–Kier alpha value is -2.33. The first-order chi connectivity index (χ1) is 12.1. The Labute approximate surface area is 152 Å². The maximum absolute atomic E-state index is 11.1. The fourth-order valence-electron chi connectivity index (χ4n) is 3.77. The molecule has 5 heteroatoms. The molecule has 0 fully saturated rings. The van der Waals surface area contributed by atoms with Crippen molar-refractivity contribution in [2.75, 3.05) is 11.9 Å². The fourth-order valence-corrected chi connectivity index (χ4v) is 4.22. The molecule has 1 aromatic heterocycles. The molecule has 1 spiro atoms. The van der Waals surface area contributed by atoms with Crippen LogP contribution in [0.3, 0.4) is 0 Å². The maximum Gasteiger partial charge on any atom is 0.217 e. The van der Waals surface area contributed by atoms with Crippen molar-refractivity contribution in [2.24, 2.45) is 0 Å². The van der Waals surface area contributed by atoms with E-state index in [0.717, 1.165) is 52.5 Å². The summed E-state index contributed by atoms with van der Waals surface area (Å²) in [6.07, 6.45) is 8.30. The summed E-state index contributed by atoms with van der Waals surface area (Å²) in [5, 5.41) is 7.03. The molecule has 1 amide bonds. The topological polar surface area (TPSA) is 54.0 Å². The third-order valence-corrected chi connectivity index (χ3v) is 5.50. The van der Waals surface area contributed by atoms with Crippen molar-refractivity contribution >= 4 is 23.3 Å². The first-order valence-corrected chi connectivity index (χ1v) is 8.88. The number of hydrogen-bond acceptors (Lipinski definition) is 3. The van der Waals surface area contributed by atoms with Crippen LogP contribution in [0.2, 0.25) is 5.02 Å². The molecule has 25 heavy (non-hydrogen) atoms. The van der Waals surface area contributed by atoms with Gasteiger partial charge in [0, 0.05) is 42.8 Å². The summed E-state index contributed by atoms with van der Waals surface area (Å²) in [5.41, 5.74) is 4.20. The van der Waals surface area contributed by atoms with Crippen molar-refractivity contribution in [2.45, 2.75) is 31.7 Å². The maximum atomic E-state index is 11.1. The number of carbonyl (C=O) groups is 1. The Balaban J connectivity index is 1.73. The molecular weight excluding hydrogens is 334 g/mol. The average Bonchev–Trinajstić information content (AvgIpc) is 3.22. The van der Waals surface area contributed by atoms with E-state index in [0.29, 0.717) is 6.54 Å². The van der Waals surface area contributed by atoms with Gasteiger partial charge in [-0.1, -0.05) is 42.0 Å². The minimum atomic E-state index is -0.0376. The van der Waals surface area contributed by atoms with Crippen LogP contribution in [0, 0.1) is 0 Å². The first kappa shape index (κ1) is 16.2. The van der Waals surface area contributed by atoms with Crippen LogP contribution in [0.15, 0.2) is 42.6 Å². The number of halogens is 1. The van der Waals surface area contributed by atoms with Crippen LogP contribution in [-0.4, -0.2) is 17.4 Å². The summed E-state index contributed by atoms with van der Waals surface area (Å²) in [7, 11) is 0. The van der Waals surface area contributed by atoms with Crippen LogP contribution in [0.1, 0.15) is 30.9 Å². The molecule has 1 aliphatic heterocycles. The lowest BCUT2D eigenvalue weighted by atomic mass is 9.80. The van der Waals surface area contributed by atoms with Gasteiger partial charge in [0.2, 0.25) is 5.91 Å². The average molecular weight is 354 g/mol. The second-order valence-electron chi connectivity index (χ2n) is 6.83. The Bertz CT molecular complexity index is 867. The van der Waals surface area contributed by atoms with E-state index in [1.165, 1.54) is 6.92 Å². The van der Waals surface area contributed by atoms with Gasteiger partial charge in [0.05, 0.1) is 5.02 Å². The number of hydrogen-bond donors (Lipinski definition) is 2. The van der Waals surface area contributed by atoms with E-state index in [4.69, 9.17) is 11.6 Å². The Morgan fingerprint density at radius 2 is 2.16 bits per heavy atom. The molecule has 0 unspecified atom stereocenters. The summed E-state index contributed by atoms with van der Waals surface area (Å²) in [4.78, 5) is 15.8. The van der Waals surface area contributed by atoms with E-state index >= 15 is 0 Å². The van der Waals surface area contributed by atoms with E-state index in [1.807, 2.05) is 24.4 Å². The van der Waals surface area contributed by atoms with Crippen LogP contribution in [-0.2, 0) is 16.8 Å². The van der Waals surface area contributed by atoms with Crippen molar-refractivity contribution in [3.63, 3.8) is 0 Å². The molecule has 128 valence electrons. The largest absolute Gasteiger partial charge is 0.369 e. The van der Waals surface area contributed by atoms with Crippen molar-refractivity contribution in [1.29, 1.82) is 0 Å². The molecule has 0 saturated heterocycles. The summed E-state index contributed by atoms with van der Waals surface area (Å²) in [6.45, 7) is 2.91. The predicted octanol–water partition coefficient (Wildman–Crippen LogP) is 4.05. The van der Waals surface area contributed by atoms with Crippen LogP contribution in [0.25, 0.3) is 11.1 Å². The van der Waals surface area contributed by atoms with Gasteiger partial charge in [-0.15, -0.1) is 0 Å². The van der Waals surface area contributed by atoms with Gasteiger partial charge in [-0.2, -0.15) is 0 Å². The van der Waals surface area contributed by atoms with E-state index in [-0.39, 0.29) is 11.3 Å². The minimum absolute atomic E-state index is 0.0376. The Kier molecular flexibility index (Phi) is 4.00. The van der Waals surface area contributed by atoms with Gasteiger partial charge in [-0.3, -0.25) is 4.79 Å². The highest BCUT2D eigenvalue weighted by atomic mass is 35.5. The van der Waals surface area contributed by atoms with Crippen molar-refractivity contribution in [3.8, 4) is 11.1 Å². The van der Waals surface area contributed by atoms with Crippen LogP contribution in [0.4, 0.5) is 5.82 Å². The standard InChI is InChI=1S/C20H20ClN3O/c1-13(25)22-10-14-5-4-6-15(9-14)16-11-23-19-17(18(16)21)20(12-24-19)7-2-3-8-20/h2-6,9,11H,7-8,10,12H2,1H3,(H,22,25)(H,23,24). The second-order valence-corrected chi connectivity index (χ2v) is 7.21. The van der Waals surface area contributed by atoms with Gasteiger partial charge in [-0.05, 0) is 30.0 Å².